The van der Waals surface area contributed by atoms with E-state index in [1.807, 2.05) is 58.3 Å². The van der Waals surface area contributed by atoms with Crippen molar-refractivity contribution >= 4 is 22.7 Å². The summed E-state index contributed by atoms with van der Waals surface area (Å²) < 4.78 is 18.7. The van der Waals surface area contributed by atoms with E-state index < -0.39 is 5.60 Å². The lowest BCUT2D eigenvalue weighted by atomic mass is 9.88. The summed E-state index contributed by atoms with van der Waals surface area (Å²) in [6.45, 7) is 6.76. The number of ether oxygens (including phenoxy) is 3. The van der Waals surface area contributed by atoms with E-state index >= 15 is 0 Å². The Balaban J connectivity index is 1.64. The van der Waals surface area contributed by atoms with E-state index in [-0.39, 0.29) is 6.09 Å². The van der Waals surface area contributed by atoms with Crippen molar-refractivity contribution in [3.63, 3.8) is 0 Å². The van der Waals surface area contributed by atoms with E-state index in [1.54, 1.807) is 36.2 Å². The minimum atomic E-state index is -0.565. The van der Waals surface area contributed by atoms with E-state index in [0.717, 1.165) is 57.4 Å². The van der Waals surface area contributed by atoms with Crippen molar-refractivity contribution in [2.75, 3.05) is 27.3 Å². The number of benzene rings is 2. The summed E-state index contributed by atoms with van der Waals surface area (Å²) in [7, 11) is 5.16. The molecule has 1 aliphatic heterocycles. The number of rotatable bonds is 5. The van der Waals surface area contributed by atoms with E-state index in [9.17, 15) is 4.79 Å². The number of amides is 1. The van der Waals surface area contributed by atoms with Crippen LogP contribution in [0.25, 0.3) is 27.9 Å². The first-order valence-electron chi connectivity index (χ1n) is 13.3. The number of hydrogen-bond donors (Lipinski definition) is 0. The molecule has 40 heavy (non-hydrogen) atoms. The maximum atomic E-state index is 13.0. The molecule has 0 saturated carbocycles. The summed E-state index contributed by atoms with van der Waals surface area (Å²) in [6, 6.07) is 12.0. The second-order valence-corrected chi connectivity index (χ2v) is 10.9. The molecule has 0 spiro atoms. The molecule has 208 valence electrons. The van der Waals surface area contributed by atoms with Crippen molar-refractivity contribution < 1.29 is 19.0 Å². The van der Waals surface area contributed by atoms with Crippen LogP contribution in [0.5, 0.6) is 11.5 Å². The van der Waals surface area contributed by atoms with Gasteiger partial charge in [-0.25, -0.2) is 9.78 Å². The molecule has 9 nitrogen and oxygen atoms in total. The Morgan fingerprint density at radius 2 is 1.70 bits per heavy atom. The molecule has 4 aromatic rings. The average Bonchev–Trinajstić information content (AvgIpc) is 3.38. The Bertz CT molecular complexity index is 1560. The fourth-order valence-corrected chi connectivity index (χ4v) is 4.94. The van der Waals surface area contributed by atoms with E-state index in [1.165, 1.54) is 0 Å². The van der Waals surface area contributed by atoms with Gasteiger partial charge in [-0.3, -0.25) is 9.67 Å². The molecule has 1 fully saturated rings. The molecule has 1 saturated heterocycles. The van der Waals surface area contributed by atoms with Gasteiger partial charge in [0, 0.05) is 38.0 Å². The Morgan fingerprint density at radius 3 is 2.35 bits per heavy atom. The Morgan fingerprint density at radius 1 is 0.950 bits per heavy atom. The van der Waals surface area contributed by atoms with Gasteiger partial charge in [0.1, 0.15) is 17.1 Å². The summed E-state index contributed by atoms with van der Waals surface area (Å²) in [6.07, 6.45) is 6.83. The second-order valence-electron chi connectivity index (χ2n) is 10.9. The lowest BCUT2D eigenvalue weighted by molar-refractivity contribution is 0.0247. The summed E-state index contributed by atoms with van der Waals surface area (Å²) in [5.74, 6) is 1.37. The lowest BCUT2D eigenvalue weighted by Gasteiger charge is -2.32. The molecule has 1 aliphatic rings. The first-order chi connectivity index (χ1) is 19.1. The molecular formula is C31H35N5O4. The van der Waals surface area contributed by atoms with Crippen molar-refractivity contribution in [2.24, 2.45) is 7.05 Å². The standard InChI is InChI=1S/C31H35N5O4/c1-31(2,3)40-30(37)36-11-7-8-21(19-36)29(22-12-24(38-5)15-25(13-22)39-6)20-9-10-26-27(14-20)34-28(17-32-26)23-16-33-35(4)18-23/h9-10,12-18H,7-8,11,19H2,1-6H3/b29-21-. The summed E-state index contributed by atoms with van der Waals surface area (Å²) in [4.78, 5) is 24.4. The Kier molecular flexibility index (Phi) is 7.47. The van der Waals surface area contributed by atoms with Crippen LogP contribution in [0.2, 0.25) is 0 Å². The normalized spacial score (nSPS) is 15.2. The monoisotopic (exact) mass is 541 g/mol. The molecule has 1 amide bonds. The predicted molar refractivity (Wildman–Crippen MR) is 154 cm³/mol. The highest BCUT2D eigenvalue weighted by molar-refractivity contribution is 5.89. The highest BCUT2D eigenvalue weighted by Gasteiger charge is 2.27. The third kappa shape index (κ3) is 5.93. The number of likely N-dealkylation sites (tertiary alicyclic amines) is 1. The Labute approximate surface area is 234 Å². The van der Waals surface area contributed by atoms with Crippen LogP contribution in [0.1, 0.15) is 44.7 Å². The van der Waals surface area contributed by atoms with Crippen LogP contribution >= 0.6 is 0 Å². The van der Waals surface area contributed by atoms with Gasteiger partial charge in [0.05, 0.1) is 43.3 Å². The molecule has 2 aromatic carbocycles. The minimum absolute atomic E-state index is 0.308. The number of carbonyl (C=O) groups excluding carboxylic acids is 1. The summed E-state index contributed by atoms with van der Waals surface area (Å²) in [5.41, 5.74) is 6.71. The third-order valence-corrected chi connectivity index (χ3v) is 6.77. The molecular weight excluding hydrogens is 506 g/mol. The molecule has 0 N–H and O–H groups in total. The largest absolute Gasteiger partial charge is 0.497 e. The number of fused-ring (bicyclic) bond motifs is 1. The van der Waals surface area contributed by atoms with Gasteiger partial charge in [-0.15, -0.1) is 0 Å². The van der Waals surface area contributed by atoms with E-state index in [0.29, 0.717) is 24.6 Å². The van der Waals surface area contributed by atoms with Crippen LogP contribution in [0.3, 0.4) is 0 Å². The van der Waals surface area contributed by atoms with Gasteiger partial charge in [0.2, 0.25) is 0 Å². The summed E-state index contributed by atoms with van der Waals surface area (Å²) >= 11 is 0. The number of carbonyl (C=O) groups is 1. The van der Waals surface area contributed by atoms with Gasteiger partial charge in [0.15, 0.2) is 0 Å². The predicted octanol–water partition coefficient (Wildman–Crippen LogP) is 5.88. The fourth-order valence-electron chi connectivity index (χ4n) is 4.94. The molecule has 0 atom stereocenters. The number of aryl methyl sites for hydroxylation is 1. The quantitative estimate of drug-likeness (QED) is 0.312. The van der Waals surface area contributed by atoms with Gasteiger partial charge in [-0.2, -0.15) is 5.10 Å². The van der Waals surface area contributed by atoms with Crippen LogP contribution in [0.4, 0.5) is 4.79 Å². The topological polar surface area (TPSA) is 91.6 Å². The van der Waals surface area contributed by atoms with Crippen molar-refractivity contribution in [3.05, 3.63) is 71.7 Å². The third-order valence-electron chi connectivity index (χ3n) is 6.77. The summed E-state index contributed by atoms with van der Waals surface area (Å²) in [5, 5.41) is 4.27. The average molecular weight is 542 g/mol. The van der Waals surface area contributed by atoms with Crippen LogP contribution in [0.15, 0.2) is 60.6 Å². The first kappa shape index (κ1) is 27.2. The van der Waals surface area contributed by atoms with Crippen LogP contribution in [0, 0.1) is 0 Å². The Hall–Kier alpha value is -4.40. The number of nitrogens with zero attached hydrogens (tertiary/aromatic N) is 5. The zero-order valence-electron chi connectivity index (χ0n) is 23.9. The first-order valence-corrected chi connectivity index (χ1v) is 13.3. The molecule has 3 heterocycles. The number of methoxy groups -OCH3 is 2. The zero-order valence-corrected chi connectivity index (χ0v) is 23.9. The van der Waals surface area contributed by atoms with Crippen LogP contribution < -0.4 is 9.47 Å². The van der Waals surface area contributed by atoms with Crippen LogP contribution in [-0.4, -0.2) is 63.7 Å². The van der Waals surface area contributed by atoms with Crippen molar-refractivity contribution in [3.8, 4) is 22.8 Å². The molecule has 2 aromatic heterocycles. The highest BCUT2D eigenvalue weighted by Crippen LogP contribution is 2.37. The molecule has 0 aliphatic carbocycles. The fraction of sp³-hybridized carbons (Fsp3) is 0.355. The van der Waals surface area contributed by atoms with Gasteiger partial charge >= 0.3 is 6.09 Å². The highest BCUT2D eigenvalue weighted by atomic mass is 16.6. The van der Waals surface area contributed by atoms with Gasteiger partial charge < -0.3 is 19.1 Å². The number of hydrogen-bond acceptors (Lipinski definition) is 7. The second kappa shape index (κ2) is 11.0. The zero-order chi connectivity index (χ0) is 28.4. The van der Waals surface area contributed by atoms with Gasteiger partial charge in [-0.1, -0.05) is 6.07 Å². The van der Waals surface area contributed by atoms with Gasteiger partial charge in [-0.05, 0) is 80.2 Å². The smallest absolute Gasteiger partial charge is 0.410 e. The van der Waals surface area contributed by atoms with Crippen molar-refractivity contribution in [1.82, 2.24) is 24.6 Å². The van der Waals surface area contributed by atoms with E-state index in [4.69, 9.17) is 19.2 Å². The van der Waals surface area contributed by atoms with E-state index in [2.05, 4.69) is 22.2 Å². The molecule has 0 bridgehead atoms. The van der Waals surface area contributed by atoms with Crippen molar-refractivity contribution in [1.29, 1.82) is 0 Å². The number of aromatic nitrogens is 4. The molecule has 0 unspecified atom stereocenters. The van der Waals surface area contributed by atoms with Gasteiger partial charge in [0.25, 0.3) is 0 Å². The van der Waals surface area contributed by atoms with Crippen molar-refractivity contribution in [2.45, 2.75) is 39.2 Å². The molecule has 9 heteroatoms. The maximum absolute atomic E-state index is 13.0. The lowest BCUT2D eigenvalue weighted by Crippen LogP contribution is -2.40. The SMILES string of the molecule is COc1cc(OC)cc(/C(=C2/CCCN(C(=O)OC(C)(C)C)C2)c2ccc3ncc(-c4cnn(C)c4)nc3c2)c1. The minimum Gasteiger partial charge on any atom is -0.497 e. The molecule has 5 rings (SSSR count). The number of piperidine rings is 1. The maximum Gasteiger partial charge on any atom is 0.410 e. The molecule has 0 radical (unpaired) electrons. The van der Waals surface area contributed by atoms with Crippen LogP contribution in [-0.2, 0) is 11.8 Å².